The minimum atomic E-state index is 0.471. The number of hydrogen-bond donors (Lipinski definition) is 1. The number of nitrogens with one attached hydrogen (secondary N) is 1. The van der Waals surface area contributed by atoms with Crippen LogP contribution in [0, 0.1) is 0 Å². The van der Waals surface area contributed by atoms with Gasteiger partial charge < -0.3 is 9.47 Å². The first-order valence-corrected chi connectivity index (χ1v) is 11.9. The number of nitrogens with zero attached hydrogens (tertiary/aromatic N) is 3. The van der Waals surface area contributed by atoms with Crippen molar-refractivity contribution in [3.05, 3.63) is 131 Å². The van der Waals surface area contributed by atoms with E-state index in [-0.39, 0.29) is 0 Å². The lowest BCUT2D eigenvalue weighted by Crippen LogP contribution is -2.00. The molecular formula is C30H24N4O2. The van der Waals surface area contributed by atoms with E-state index in [9.17, 15) is 0 Å². The molecule has 6 nitrogen and oxygen atoms in total. The van der Waals surface area contributed by atoms with Crippen molar-refractivity contribution < 1.29 is 9.47 Å². The lowest BCUT2D eigenvalue weighted by atomic mass is 9.92. The van der Waals surface area contributed by atoms with Crippen LogP contribution in [0.5, 0.6) is 17.2 Å². The average Bonchev–Trinajstić information content (AvgIpc) is 3.39. The number of hydrogen-bond acceptors (Lipinski definition) is 5. The second-order valence-electron chi connectivity index (χ2n) is 8.66. The summed E-state index contributed by atoms with van der Waals surface area (Å²) < 4.78 is 12.1. The highest BCUT2D eigenvalue weighted by Crippen LogP contribution is 2.35. The summed E-state index contributed by atoms with van der Waals surface area (Å²) in [5.41, 5.74) is 7.22. The van der Waals surface area contributed by atoms with Gasteiger partial charge in [0, 0.05) is 6.07 Å². The normalized spacial score (nSPS) is 13.5. The second-order valence-corrected chi connectivity index (χ2v) is 8.66. The Morgan fingerprint density at radius 2 is 1.50 bits per heavy atom. The molecule has 6 rings (SSSR count). The Kier molecular flexibility index (Phi) is 5.98. The van der Waals surface area contributed by atoms with Crippen molar-refractivity contribution in [2.45, 2.75) is 19.4 Å². The van der Waals surface area contributed by atoms with Crippen LogP contribution >= 0.6 is 0 Å². The van der Waals surface area contributed by atoms with Crippen LogP contribution in [0.15, 0.2) is 97.1 Å². The van der Waals surface area contributed by atoms with Gasteiger partial charge in [0.25, 0.3) is 0 Å². The number of benzene rings is 4. The quantitative estimate of drug-likeness (QED) is 0.316. The van der Waals surface area contributed by atoms with Crippen molar-refractivity contribution in [1.29, 1.82) is 0 Å². The third-order valence-electron chi connectivity index (χ3n) is 6.26. The van der Waals surface area contributed by atoms with Gasteiger partial charge in [0.15, 0.2) is 5.82 Å². The highest BCUT2D eigenvalue weighted by Gasteiger charge is 2.19. The molecule has 0 spiro atoms. The van der Waals surface area contributed by atoms with Gasteiger partial charge >= 0.3 is 0 Å². The lowest BCUT2D eigenvalue weighted by Gasteiger charge is -2.14. The molecule has 36 heavy (non-hydrogen) atoms. The molecule has 0 saturated heterocycles. The van der Waals surface area contributed by atoms with E-state index >= 15 is 0 Å². The predicted octanol–water partition coefficient (Wildman–Crippen LogP) is 6.26. The largest absolute Gasteiger partial charge is 0.489 e. The Balaban J connectivity index is 1.24. The van der Waals surface area contributed by atoms with Gasteiger partial charge in [-0.05, 0) is 81.8 Å². The molecule has 6 heteroatoms. The summed E-state index contributed by atoms with van der Waals surface area (Å²) in [6, 6.07) is 32.6. The Morgan fingerprint density at radius 1 is 0.722 bits per heavy atom. The van der Waals surface area contributed by atoms with Crippen molar-refractivity contribution in [2.24, 2.45) is 0 Å². The number of aromatic nitrogens is 4. The number of rotatable bonds is 6. The molecule has 1 aliphatic rings. The fraction of sp³-hybridized carbons (Fsp3) is 0.100. The van der Waals surface area contributed by atoms with E-state index in [4.69, 9.17) is 9.47 Å². The monoisotopic (exact) mass is 472 g/mol. The van der Waals surface area contributed by atoms with E-state index in [0.717, 1.165) is 41.2 Å². The molecule has 0 atom stereocenters. The molecule has 1 heterocycles. The minimum absolute atomic E-state index is 0.471. The van der Waals surface area contributed by atoms with Crippen molar-refractivity contribution in [2.75, 3.05) is 0 Å². The standard InChI is InChI=1S/C30H24N4O2/c1-2-8-24(9-3-1)36-26-11-6-10-25(18-26)35-20-21-13-16-28-23(17-21)15-14-22-7-4-5-12-27(22)29(28)19-30-31-33-34-32-30/h1-13,16-19H,14-15,20H2,(H,31,32,33,34). The van der Waals surface area contributed by atoms with E-state index in [1.54, 1.807) is 0 Å². The molecule has 0 amide bonds. The Labute approximate surface area is 209 Å². The van der Waals surface area contributed by atoms with E-state index in [1.807, 2.05) is 60.7 Å². The lowest BCUT2D eigenvalue weighted by molar-refractivity contribution is 0.304. The summed E-state index contributed by atoms with van der Waals surface area (Å²) in [5, 5.41) is 14.5. The number of aromatic amines is 1. The molecule has 4 aromatic carbocycles. The predicted molar refractivity (Wildman–Crippen MR) is 139 cm³/mol. The number of fused-ring (bicyclic) bond motifs is 2. The molecule has 0 radical (unpaired) electrons. The minimum Gasteiger partial charge on any atom is -0.489 e. The molecule has 1 aromatic heterocycles. The van der Waals surface area contributed by atoms with Crippen LogP contribution in [0.4, 0.5) is 0 Å². The maximum Gasteiger partial charge on any atom is 0.198 e. The highest BCUT2D eigenvalue weighted by atomic mass is 16.5. The molecule has 1 N–H and O–H groups in total. The molecule has 0 aliphatic heterocycles. The third-order valence-corrected chi connectivity index (χ3v) is 6.26. The molecular weight excluding hydrogens is 448 g/mol. The highest BCUT2D eigenvalue weighted by molar-refractivity contribution is 5.93. The fourth-order valence-corrected chi connectivity index (χ4v) is 4.56. The molecule has 1 aliphatic carbocycles. The molecule has 176 valence electrons. The van der Waals surface area contributed by atoms with Crippen LogP contribution in [0.2, 0.25) is 0 Å². The first-order chi connectivity index (χ1) is 17.8. The van der Waals surface area contributed by atoms with Gasteiger partial charge in [-0.1, -0.05) is 66.7 Å². The number of ether oxygens (including phenoxy) is 2. The topological polar surface area (TPSA) is 72.9 Å². The van der Waals surface area contributed by atoms with Gasteiger partial charge in [0.05, 0.1) is 0 Å². The van der Waals surface area contributed by atoms with E-state index in [2.05, 4.69) is 63.1 Å². The van der Waals surface area contributed by atoms with Gasteiger partial charge in [0.2, 0.25) is 0 Å². The second kappa shape index (κ2) is 9.88. The smallest absolute Gasteiger partial charge is 0.198 e. The summed E-state index contributed by atoms with van der Waals surface area (Å²) >= 11 is 0. The maximum atomic E-state index is 6.14. The first-order valence-electron chi connectivity index (χ1n) is 11.9. The summed E-state index contributed by atoms with van der Waals surface area (Å²) in [4.78, 5) is 0. The zero-order valence-electron chi connectivity index (χ0n) is 19.6. The van der Waals surface area contributed by atoms with Gasteiger partial charge in [-0.15, -0.1) is 10.2 Å². The Hall–Kier alpha value is -4.71. The van der Waals surface area contributed by atoms with E-state index in [1.165, 1.54) is 22.3 Å². The van der Waals surface area contributed by atoms with Gasteiger partial charge in [-0.3, -0.25) is 0 Å². The first kappa shape index (κ1) is 21.8. The summed E-state index contributed by atoms with van der Waals surface area (Å²) in [6.07, 6.45) is 3.92. The van der Waals surface area contributed by atoms with Crippen LogP contribution in [0.25, 0.3) is 11.6 Å². The molecule has 0 bridgehead atoms. The zero-order valence-corrected chi connectivity index (χ0v) is 19.6. The Morgan fingerprint density at radius 3 is 2.39 bits per heavy atom. The Bertz CT molecular complexity index is 1510. The average molecular weight is 473 g/mol. The summed E-state index contributed by atoms with van der Waals surface area (Å²) in [6.45, 7) is 0.471. The van der Waals surface area contributed by atoms with Crippen LogP contribution in [0.3, 0.4) is 0 Å². The van der Waals surface area contributed by atoms with Gasteiger partial charge in [0.1, 0.15) is 23.9 Å². The number of aryl methyl sites for hydroxylation is 2. The van der Waals surface area contributed by atoms with Crippen molar-refractivity contribution in [1.82, 2.24) is 20.6 Å². The van der Waals surface area contributed by atoms with Crippen LogP contribution in [0.1, 0.15) is 33.6 Å². The van der Waals surface area contributed by atoms with Crippen molar-refractivity contribution >= 4 is 11.6 Å². The van der Waals surface area contributed by atoms with E-state index < -0.39 is 0 Å². The number of H-pyrrole nitrogens is 1. The molecule has 5 aromatic rings. The van der Waals surface area contributed by atoms with Crippen LogP contribution in [-0.4, -0.2) is 20.6 Å². The fourth-order valence-electron chi connectivity index (χ4n) is 4.56. The molecule has 0 unspecified atom stereocenters. The zero-order chi connectivity index (χ0) is 24.2. The molecule has 0 fully saturated rings. The van der Waals surface area contributed by atoms with Crippen molar-refractivity contribution in [3.63, 3.8) is 0 Å². The SMILES string of the molecule is C(=C1c2ccccc2CCc2cc(COc3cccc(Oc4ccccc4)c3)ccc21)c1nn[nH]n1. The van der Waals surface area contributed by atoms with Crippen molar-refractivity contribution in [3.8, 4) is 17.2 Å². The molecule has 0 saturated carbocycles. The van der Waals surface area contributed by atoms with E-state index in [0.29, 0.717) is 12.4 Å². The van der Waals surface area contributed by atoms with Crippen LogP contribution in [-0.2, 0) is 19.4 Å². The van der Waals surface area contributed by atoms with Gasteiger partial charge in [-0.25, -0.2) is 0 Å². The summed E-state index contributed by atoms with van der Waals surface area (Å²) in [5.74, 6) is 2.88. The van der Waals surface area contributed by atoms with Gasteiger partial charge in [-0.2, -0.15) is 5.21 Å². The third kappa shape index (κ3) is 4.74. The maximum absolute atomic E-state index is 6.14. The van der Waals surface area contributed by atoms with Crippen LogP contribution < -0.4 is 9.47 Å². The number of tetrazole rings is 1. The number of para-hydroxylation sites is 1. The summed E-state index contributed by atoms with van der Waals surface area (Å²) in [7, 11) is 0.